The van der Waals surface area contributed by atoms with Gasteiger partial charge in [-0.2, -0.15) is 0 Å². The molecule has 1 saturated heterocycles. The monoisotopic (exact) mass is 331 g/mol. The Balaban J connectivity index is 1.73. The summed E-state index contributed by atoms with van der Waals surface area (Å²) >= 11 is 0. The number of aromatic nitrogens is 2. The zero-order chi connectivity index (χ0) is 17.0. The average molecular weight is 331 g/mol. The van der Waals surface area contributed by atoms with Gasteiger partial charge in [0.15, 0.2) is 0 Å². The molecule has 0 unspecified atom stereocenters. The number of hydrogen-bond donors (Lipinski definition) is 2. The first-order chi connectivity index (χ1) is 11.6. The van der Waals surface area contributed by atoms with Gasteiger partial charge in [0.1, 0.15) is 0 Å². The first-order valence-electron chi connectivity index (χ1n) is 8.51. The second kappa shape index (κ2) is 7.42. The van der Waals surface area contributed by atoms with Crippen molar-refractivity contribution in [1.29, 1.82) is 0 Å². The van der Waals surface area contributed by atoms with Gasteiger partial charge in [0, 0.05) is 24.9 Å². The number of aryl methyl sites for hydroxylation is 1. The fraction of sp³-hybridized carbons (Fsp3) is 0.556. The second-order valence-corrected chi connectivity index (χ2v) is 6.64. The second-order valence-electron chi connectivity index (χ2n) is 6.64. The van der Waals surface area contributed by atoms with Gasteiger partial charge in [0.2, 0.25) is 11.8 Å². The molecule has 1 aliphatic heterocycles. The third-order valence-corrected chi connectivity index (χ3v) is 4.85. The molecule has 2 N–H and O–H groups in total. The Morgan fingerprint density at radius 3 is 2.67 bits per heavy atom. The summed E-state index contributed by atoms with van der Waals surface area (Å²) in [6, 6.07) is 10.0. The van der Waals surface area contributed by atoms with Crippen molar-refractivity contribution in [3.05, 3.63) is 47.7 Å². The summed E-state index contributed by atoms with van der Waals surface area (Å²) < 4.78 is 5.59. The van der Waals surface area contributed by atoms with Crippen molar-refractivity contribution in [2.45, 2.75) is 38.8 Å². The molecule has 0 aliphatic carbocycles. The minimum Gasteiger partial charge on any atom is -0.424 e. The highest BCUT2D eigenvalue weighted by molar-refractivity contribution is 5.18. The molecule has 1 aromatic heterocycles. The van der Waals surface area contributed by atoms with E-state index in [0.717, 1.165) is 18.5 Å². The zero-order valence-electron chi connectivity index (χ0n) is 14.1. The van der Waals surface area contributed by atoms with Gasteiger partial charge >= 0.3 is 0 Å². The zero-order valence-corrected chi connectivity index (χ0v) is 14.1. The molecule has 1 fully saturated rings. The van der Waals surface area contributed by atoms with Crippen molar-refractivity contribution in [2.75, 3.05) is 19.7 Å². The molecule has 3 rings (SSSR count). The van der Waals surface area contributed by atoms with E-state index in [1.54, 1.807) is 0 Å². The van der Waals surface area contributed by atoms with Gasteiger partial charge in [0.05, 0.1) is 19.3 Å². The minimum absolute atomic E-state index is 0.0520. The predicted octanol–water partition coefficient (Wildman–Crippen LogP) is 1.42. The van der Waals surface area contributed by atoms with Crippen LogP contribution < -0.4 is 0 Å². The largest absolute Gasteiger partial charge is 0.424 e. The van der Waals surface area contributed by atoms with Crippen LogP contribution in [-0.4, -0.2) is 51.1 Å². The maximum Gasteiger partial charge on any atom is 0.230 e. The number of hydrogen-bond acceptors (Lipinski definition) is 6. The normalized spacial score (nSPS) is 25.0. The summed E-state index contributed by atoms with van der Waals surface area (Å²) in [6.07, 6.45) is 1.47. The number of likely N-dealkylation sites (tertiary alicyclic amines) is 1. The van der Waals surface area contributed by atoms with Crippen LogP contribution in [0.15, 0.2) is 34.7 Å². The van der Waals surface area contributed by atoms with Gasteiger partial charge in [-0.05, 0) is 18.4 Å². The maximum absolute atomic E-state index is 10.6. The van der Waals surface area contributed by atoms with Crippen LogP contribution in [0.3, 0.4) is 0 Å². The van der Waals surface area contributed by atoms with Crippen LogP contribution in [0.1, 0.15) is 30.7 Å². The lowest BCUT2D eigenvalue weighted by atomic mass is 9.73. The Morgan fingerprint density at radius 2 is 2.00 bits per heavy atom. The van der Waals surface area contributed by atoms with Gasteiger partial charge < -0.3 is 14.6 Å². The molecule has 1 aromatic carbocycles. The van der Waals surface area contributed by atoms with E-state index in [-0.39, 0.29) is 6.61 Å². The third kappa shape index (κ3) is 3.66. The van der Waals surface area contributed by atoms with Crippen LogP contribution in [0.2, 0.25) is 0 Å². The van der Waals surface area contributed by atoms with Crippen molar-refractivity contribution in [3.8, 4) is 0 Å². The van der Waals surface area contributed by atoms with E-state index < -0.39 is 11.5 Å². The van der Waals surface area contributed by atoms with Crippen LogP contribution in [0, 0.1) is 5.41 Å². The molecule has 2 atom stereocenters. The molecule has 0 bridgehead atoms. The quantitative estimate of drug-likeness (QED) is 0.833. The Kier molecular flexibility index (Phi) is 5.28. The molecule has 6 heteroatoms. The molecule has 24 heavy (non-hydrogen) atoms. The fourth-order valence-electron chi connectivity index (χ4n) is 3.45. The van der Waals surface area contributed by atoms with Gasteiger partial charge in [-0.25, -0.2) is 0 Å². The third-order valence-electron chi connectivity index (χ3n) is 4.85. The molecular formula is C18H25N3O3. The molecule has 6 nitrogen and oxygen atoms in total. The Hall–Kier alpha value is -1.76. The highest BCUT2D eigenvalue weighted by Crippen LogP contribution is 2.34. The predicted molar refractivity (Wildman–Crippen MR) is 89.2 cm³/mol. The van der Waals surface area contributed by atoms with Gasteiger partial charge in [-0.3, -0.25) is 4.90 Å². The van der Waals surface area contributed by atoms with Crippen molar-refractivity contribution >= 4 is 0 Å². The summed E-state index contributed by atoms with van der Waals surface area (Å²) in [7, 11) is 0. The van der Waals surface area contributed by atoms with Crippen molar-refractivity contribution in [3.63, 3.8) is 0 Å². The van der Waals surface area contributed by atoms with Gasteiger partial charge in [-0.1, -0.05) is 37.3 Å². The van der Waals surface area contributed by atoms with E-state index in [9.17, 15) is 10.2 Å². The lowest BCUT2D eigenvalue weighted by Crippen LogP contribution is -2.54. The van der Waals surface area contributed by atoms with Crippen molar-refractivity contribution in [2.24, 2.45) is 5.41 Å². The van der Waals surface area contributed by atoms with Crippen LogP contribution in [-0.2, 0) is 19.4 Å². The number of nitrogens with zero attached hydrogens (tertiary/aromatic N) is 3. The van der Waals surface area contributed by atoms with Crippen molar-refractivity contribution in [1.82, 2.24) is 15.1 Å². The number of aliphatic hydroxyl groups excluding tert-OH is 2. The highest BCUT2D eigenvalue weighted by Gasteiger charge is 2.42. The Bertz CT molecular complexity index is 646. The maximum atomic E-state index is 10.6. The average Bonchev–Trinajstić information content (AvgIpc) is 3.06. The van der Waals surface area contributed by atoms with Gasteiger partial charge in [-0.15, -0.1) is 10.2 Å². The van der Waals surface area contributed by atoms with Crippen LogP contribution in [0.4, 0.5) is 0 Å². The topological polar surface area (TPSA) is 82.6 Å². The van der Waals surface area contributed by atoms with E-state index in [1.807, 2.05) is 37.3 Å². The summed E-state index contributed by atoms with van der Waals surface area (Å²) in [5, 5.41) is 28.7. The van der Waals surface area contributed by atoms with Crippen LogP contribution in [0.25, 0.3) is 0 Å². The van der Waals surface area contributed by atoms with Crippen LogP contribution >= 0.6 is 0 Å². The SMILES string of the molecule is CCc1nnc(CN2CC[C@H](O)[C@](CO)(Cc3ccccc3)C2)o1. The van der Waals surface area contributed by atoms with Crippen LogP contribution in [0.5, 0.6) is 0 Å². The number of aliphatic hydroxyl groups is 2. The smallest absolute Gasteiger partial charge is 0.230 e. The van der Waals surface area contributed by atoms with E-state index in [2.05, 4.69) is 15.1 Å². The number of benzene rings is 1. The Labute approximate surface area is 142 Å². The van der Waals surface area contributed by atoms with E-state index in [4.69, 9.17) is 4.42 Å². The van der Waals surface area contributed by atoms with E-state index in [1.165, 1.54) is 0 Å². The van der Waals surface area contributed by atoms with E-state index >= 15 is 0 Å². The van der Waals surface area contributed by atoms with Gasteiger partial charge in [0.25, 0.3) is 0 Å². The Morgan fingerprint density at radius 1 is 1.25 bits per heavy atom. The summed E-state index contributed by atoms with van der Waals surface area (Å²) in [5.41, 5.74) is 0.561. The molecule has 1 aliphatic rings. The van der Waals surface area contributed by atoms with Crippen molar-refractivity contribution < 1.29 is 14.6 Å². The molecule has 2 aromatic rings. The first kappa shape index (κ1) is 17.1. The molecule has 0 amide bonds. The fourth-order valence-corrected chi connectivity index (χ4v) is 3.45. The molecule has 130 valence electrons. The summed E-state index contributed by atoms with van der Waals surface area (Å²) in [6.45, 7) is 3.83. The minimum atomic E-state index is -0.562. The molecular weight excluding hydrogens is 306 g/mol. The molecule has 0 radical (unpaired) electrons. The number of rotatable bonds is 6. The summed E-state index contributed by atoms with van der Waals surface area (Å²) in [5.74, 6) is 1.23. The first-order valence-corrected chi connectivity index (χ1v) is 8.51. The lowest BCUT2D eigenvalue weighted by Gasteiger charge is -2.45. The standard InChI is InChI=1S/C18H25N3O3/c1-2-16-19-20-17(24-16)11-21-9-8-15(23)18(12-21,13-22)10-14-6-4-3-5-7-14/h3-7,15,22-23H,2,8-13H2,1H3/t15-,18+/m0/s1. The highest BCUT2D eigenvalue weighted by atomic mass is 16.4. The molecule has 0 spiro atoms. The molecule has 0 saturated carbocycles. The van der Waals surface area contributed by atoms with E-state index in [0.29, 0.717) is 37.7 Å². The summed E-state index contributed by atoms with van der Waals surface area (Å²) in [4.78, 5) is 2.18. The lowest BCUT2D eigenvalue weighted by molar-refractivity contribution is -0.0782. The number of piperidine rings is 1. The molecule has 2 heterocycles.